The van der Waals surface area contributed by atoms with E-state index in [1.54, 1.807) is 0 Å². The van der Waals surface area contributed by atoms with Crippen LogP contribution in [0.25, 0.3) is 0 Å². The highest BCUT2D eigenvalue weighted by molar-refractivity contribution is 5.95. The quantitative estimate of drug-likeness (QED) is 0.546. The molecule has 0 atom stereocenters. The van der Waals surface area contributed by atoms with Gasteiger partial charge in [-0.15, -0.1) is 5.10 Å². The molecule has 0 radical (unpaired) electrons. The molecule has 1 saturated heterocycles. The van der Waals surface area contributed by atoms with Crippen LogP contribution in [0.5, 0.6) is 5.75 Å². The first-order chi connectivity index (χ1) is 14.0. The Balaban J connectivity index is 1.80. The van der Waals surface area contributed by atoms with E-state index in [4.69, 9.17) is 0 Å². The SMILES string of the molecule is COc1c(F)c(F)cc(C(=O)N2CCC(n3nc(C(F)(F)F)n(C)c3=O)CC2)c1F. The lowest BCUT2D eigenvalue weighted by atomic mass is 10.0. The van der Waals surface area contributed by atoms with Gasteiger partial charge in [0.25, 0.3) is 5.91 Å². The van der Waals surface area contributed by atoms with Gasteiger partial charge in [-0.05, 0) is 18.9 Å². The first kappa shape index (κ1) is 21.7. The van der Waals surface area contributed by atoms with E-state index in [9.17, 15) is 35.9 Å². The highest BCUT2D eigenvalue weighted by Crippen LogP contribution is 2.30. The van der Waals surface area contributed by atoms with Crippen molar-refractivity contribution < 1.29 is 35.9 Å². The molecule has 2 heterocycles. The van der Waals surface area contributed by atoms with Crippen molar-refractivity contribution in [3.05, 3.63) is 45.4 Å². The number of methoxy groups -OCH3 is 1. The monoisotopic (exact) mass is 438 g/mol. The summed E-state index contributed by atoms with van der Waals surface area (Å²) in [6.45, 7) is -0.122. The first-order valence-electron chi connectivity index (χ1n) is 8.70. The van der Waals surface area contributed by atoms with Crippen LogP contribution in [-0.2, 0) is 13.2 Å². The van der Waals surface area contributed by atoms with Crippen molar-refractivity contribution in [1.29, 1.82) is 0 Å². The number of likely N-dealkylation sites (tertiary alicyclic amines) is 1. The highest BCUT2D eigenvalue weighted by atomic mass is 19.4. The van der Waals surface area contributed by atoms with E-state index in [1.165, 1.54) is 0 Å². The molecular weight excluding hydrogens is 422 g/mol. The van der Waals surface area contributed by atoms with Crippen LogP contribution in [0.3, 0.4) is 0 Å². The maximum Gasteiger partial charge on any atom is 0.451 e. The van der Waals surface area contributed by atoms with Crippen molar-refractivity contribution in [2.24, 2.45) is 7.05 Å². The molecule has 1 amide bonds. The van der Waals surface area contributed by atoms with Gasteiger partial charge >= 0.3 is 11.9 Å². The molecule has 0 aliphatic carbocycles. The number of hydrogen-bond acceptors (Lipinski definition) is 4. The summed E-state index contributed by atoms with van der Waals surface area (Å²) < 4.78 is 85.9. The molecule has 0 bridgehead atoms. The Morgan fingerprint density at radius 3 is 2.27 bits per heavy atom. The van der Waals surface area contributed by atoms with Crippen LogP contribution < -0.4 is 10.4 Å². The predicted molar refractivity (Wildman–Crippen MR) is 89.5 cm³/mol. The lowest BCUT2D eigenvalue weighted by Crippen LogP contribution is -2.41. The number of aromatic nitrogens is 3. The minimum Gasteiger partial charge on any atom is -0.491 e. The van der Waals surface area contributed by atoms with Gasteiger partial charge in [0.15, 0.2) is 17.4 Å². The standard InChI is InChI=1S/C17H16F6N4O3/c1-25-15(17(21,22)23)24-27(16(25)29)8-3-5-26(6-4-8)14(28)9-7-10(18)12(20)13(30-2)11(9)19/h7-8H,3-6H2,1-2H3. The summed E-state index contributed by atoms with van der Waals surface area (Å²) in [7, 11) is 1.87. The van der Waals surface area contributed by atoms with Crippen molar-refractivity contribution in [3.63, 3.8) is 0 Å². The molecule has 0 N–H and O–H groups in total. The third-order valence-corrected chi connectivity index (χ3v) is 4.90. The van der Waals surface area contributed by atoms with E-state index in [0.29, 0.717) is 15.3 Å². The lowest BCUT2D eigenvalue weighted by Gasteiger charge is -2.31. The highest BCUT2D eigenvalue weighted by Gasteiger charge is 2.39. The van der Waals surface area contributed by atoms with E-state index in [2.05, 4.69) is 9.84 Å². The third kappa shape index (κ3) is 3.63. The van der Waals surface area contributed by atoms with Crippen molar-refractivity contribution >= 4 is 5.91 Å². The summed E-state index contributed by atoms with van der Waals surface area (Å²) in [5.74, 6) is -7.71. The van der Waals surface area contributed by atoms with E-state index >= 15 is 0 Å². The normalized spacial score (nSPS) is 15.5. The summed E-state index contributed by atoms with van der Waals surface area (Å²) >= 11 is 0. The average molecular weight is 438 g/mol. The Morgan fingerprint density at radius 2 is 1.77 bits per heavy atom. The van der Waals surface area contributed by atoms with Gasteiger partial charge in [0.05, 0.1) is 18.7 Å². The average Bonchev–Trinajstić information content (AvgIpc) is 3.00. The van der Waals surface area contributed by atoms with E-state index in [0.717, 1.165) is 19.1 Å². The molecule has 1 aromatic heterocycles. The zero-order valence-electron chi connectivity index (χ0n) is 15.8. The van der Waals surface area contributed by atoms with Gasteiger partial charge in [-0.3, -0.25) is 9.36 Å². The second kappa shape index (κ2) is 7.69. The Labute approximate surface area is 165 Å². The van der Waals surface area contributed by atoms with Crippen LogP contribution in [0.4, 0.5) is 26.3 Å². The number of piperidine rings is 1. The van der Waals surface area contributed by atoms with Crippen LogP contribution in [0.1, 0.15) is 35.1 Å². The van der Waals surface area contributed by atoms with Gasteiger partial charge in [-0.1, -0.05) is 0 Å². The van der Waals surface area contributed by atoms with Gasteiger partial charge in [0.1, 0.15) is 0 Å². The fourth-order valence-electron chi connectivity index (χ4n) is 3.34. The molecule has 1 aromatic carbocycles. The largest absolute Gasteiger partial charge is 0.491 e. The van der Waals surface area contributed by atoms with E-state index in [1.807, 2.05) is 0 Å². The maximum atomic E-state index is 14.3. The van der Waals surface area contributed by atoms with Gasteiger partial charge < -0.3 is 9.64 Å². The topological polar surface area (TPSA) is 69.4 Å². The number of amides is 1. The number of ether oxygens (including phenoxy) is 1. The molecule has 0 unspecified atom stereocenters. The van der Waals surface area contributed by atoms with Crippen molar-refractivity contribution in [2.45, 2.75) is 25.1 Å². The van der Waals surface area contributed by atoms with Crippen LogP contribution in [-0.4, -0.2) is 45.4 Å². The summed E-state index contributed by atoms with van der Waals surface area (Å²) in [6, 6.07) is -0.298. The molecule has 13 heteroatoms. The second-order valence-electron chi connectivity index (χ2n) is 6.70. The molecule has 7 nitrogen and oxygen atoms in total. The number of nitrogens with zero attached hydrogens (tertiary/aromatic N) is 4. The van der Waals surface area contributed by atoms with Crippen molar-refractivity contribution in [2.75, 3.05) is 20.2 Å². The van der Waals surface area contributed by atoms with Gasteiger partial charge in [0.2, 0.25) is 11.6 Å². The van der Waals surface area contributed by atoms with Crippen LogP contribution in [0.15, 0.2) is 10.9 Å². The third-order valence-electron chi connectivity index (χ3n) is 4.90. The predicted octanol–water partition coefficient (Wildman–Crippen LogP) is 2.50. The molecule has 1 aliphatic heterocycles. The summed E-state index contributed by atoms with van der Waals surface area (Å²) in [6.07, 6.45) is -4.69. The number of rotatable bonds is 3. The van der Waals surface area contributed by atoms with E-state index < -0.39 is 58.4 Å². The Morgan fingerprint density at radius 1 is 1.17 bits per heavy atom. The van der Waals surface area contributed by atoms with Crippen LogP contribution >= 0.6 is 0 Å². The summed E-state index contributed by atoms with van der Waals surface area (Å²) in [5.41, 5.74) is -1.69. The molecule has 0 saturated carbocycles. The maximum absolute atomic E-state index is 14.3. The summed E-state index contributed by atoms with van der Waals surface area (Å²) in [5, 5.41) is 3.36. The van der Waals surface area contributed by atoms with Crippen molar-refractivity contribution in [3.8, 4) is 5.75 Å². The fraction of sp³-hybridized carbons (Fsp3) is 0.471. The molecule has 2 aromatic rings. The Hall–Kier alpha value is -2.99. The number of alkyl halides is 3. The zero-order chi connectivity index (χ0) is 22.4. The van der Waals surface area contributed by atoms with Gasteiger partial charge in [-0.25, -0.2) is 18.3 Å². The van der Waals surface area contributed by atoms with E-state index in [-0.39, 0.29) is 25.9 Å². The van der Waals surface area contributed by atoms with Gasteiger partial charge in [-0.2, -0.15) is 17.6 Å². The second-order valence-corrected chi connectivity index (χ2v) is 6.70. The Bertz CT molecular complexity index is 1040. The first-order valence-corrected chi connectivity index (χ1v) is 8.70. The number of hydrogen-bond donors (Lipinski definition) is 0. The zero-order valence-corrected chi connectivity index (χ0v) is 15.8. The molecule has 1 aliphatic rings. The minimum absolute atomic E-state index is 0.0579. The molecule has 3 rings (SSSR count). The molecule has 30 heavy (non-hydrogen) atoms. The lowest BCUT2D eigenvalue weighted by molar-refractivity contribution is -0.147. The smallest absolute Gasteiger partial charge is 0.451 e. The van der Waals surface area contributed by atoms with Crippen LogP contribution in [0, 0.1) is 17.5 Å². The van der Waals surface area contributed by atoms with Gasteiger partial charge in [0, 0.05) is 20.1 Å². The number of benzene rings is 1. The molecule has 1 fully saturated rings. The molecule has 164 valence electrons. The molecular formula is C17H16F6N4O3. The van der Waals surface area contributed by atoms with Crippen molar-refractivity contribution in [1.82, 2.24) is 19.2 Å². The number of carbonyl (C=O) groups excluding carboxylic acids is 1. The number of carbonyl (C=O) groups is 1. The Kier molecular flexibility index (Phi) is 5.56. The summed E-state index contributed by atoms with van der Waals surface area (Å²) in [4.78, 5) is 25.8. The van der Waals surface area contributed by atoms with Crippen LogP contribution in [0.2, 0.25) is 0 Å². The number of halogens is 6. The molecule has 0 spiro atoms. The minimum atomic E-state index is -4.81. The fourth-order valence-corrected chi connectivity index (χ4v) is 3.34.